The van der Waals surface area contributed by atoms with E-state index in [4.69, 9.17) is 4.74 Å². The maximum atomic E-state index is 12.5. The lowest BCUT2D eigenvalue weighted by Crippen LogP contribution is -2.30. The number of nitrogens with one attached hydrogen (secondary N) is 1. The van der Waals surface area contributed by atoms with Crippen molar-refractivity contribution in [1.82, 2.24) is 14.9 Å². The van der Waals surface area contributed by atoms with Crippen molar-refractivity contribution in [2.75, 3.05) is 7.11 Å². The highest BCUT2D eigenvalue weighted by Gasteiger charge is 2.15. The molecule has 2 aromatic carbocycles. The second kappa shape index (κ2) is 8.58. The highest BCUT2D eigenvalue weighted by atomic mass is 32.2. The number of hydrogen-bond acceptors (Lipinski definition) is 4. The maximum absolute atomic E-state index is 12.5. The normalized spacial score (nSPS) is 11.8. The molecular weight excluding hydrogens is 346 g/mol. The Bertz CT molecular complexity index is 848. The van der Waals surface area contributed by atoms with Crippen LogP contribution in [-0.2, 0) is 11.3 Å². The number of imidazole rings is 1. The molecule has 26 heavy (non-hydrogen) atoms. The van der Waals surface area contributed by atoms with Crippen LogP contribution in [0, 0.1) is 0 Å². The second-order valence-electron chi connectivity index (χ2n) is 5.75. The number of methoxy groups -OCH3 is 1. The van der Waals surface area contributed by atoms with Gasteiger partial charge in [0.05, 0.1) is 24.4 Å². The molecule has 1 amide bonds. The Morgan fingerprint density at radius 1 is 1.23 bits per heavy atom. The number of carbonyl (C=O) groups excluding carboxylic acids is 1. The molecule has 1 atom stereocenters. The molecule has 1 N–H and O–H groups in total. The van der Waals surface area contributed by atoms with Crippen LogP contribution < -0.4 is 10.1 Å². The summed E-state index contributed by atoms with van der Waals surface area (Å²) in [7, 11) is 1.64. The minimum atomic E-state index is -0.191. The molecule has 134 valence electrons. The van der Waals surface area contributed by atoms with Crippen LogP contribution in [0.4, 0.5) is 0 Å². The van der Waals surface area contributed by atoms with Gasteiger partial charge < -0.3 is 14.6 Å². The summed E-state index contributed by atoms with van der Waals surface area (Å²) >= 11 is 1.53. The van der Waals surface area contributed by atoms with Gasteiger partial charge in [-0.1, -0.05) is 18.2 Å². The van der Waals surface area contributed by atoms with E-state index >= 15 is 0 Å². The van der Waals surface area contributed by atoms with Crippen LogP contribution in [0.3, 0.4) is 0 Å². The first-order valence-electron chi connectivity index (χ1n) is 8.32. The van der Waals surface area contributed by atoms with Crippen molar-refractivity contribution >= 4 is 17.7 Å². The molecule has 0 bridgehead atoms. The van der Waals surface area contributed by atoms with Gasteiger partial charge in [-0.25, -0.2) is 4.98 Å². The largest absolute Gasteiger partial charge is 0.497 e. The Balaban J connectivity index is 1.60. The van der Waals surface area contributed by atoms with Gasteiger partial charge in [0.2, 0.25) is 5.91 Å². The molecule has 0 aliphatic rings. The van der Waals surface area contributed by atoms with Gasteiger partial charge in [-0.3, -0.25) is 4.79 Å². The number of ether oxygens (including phenoxy) is 1. The average molecular weight is 367 g/mol. The van der Waals surface area contributed by atoms with E-state index < -0.39 is 0 Å². The van der Waals surface area contributed by atoms with Crippen LogP contribution in [0.5, 0.6) is 5.75 Å². The van der Waals surface area contributed by atoms with E-state index in [0.717, 1.165) is 21.9 Å². The van der Waals surface area contributed by atoms with Gasteiger partial charge in [0.1, 0.15) is 5.75 Å². The van der Waals surface area contributed by atoms with Gasteiger partial charge in [0.15, 0.2) is 0 Å². The summed E-state index contributed by atoms with van der Waals surface area (Å²) in [6.45, 7) is 2.38. The number of para-hydroxylation sites is 1. The van der Waals surface area contributed by atoms with Gasteiger partial charge >= 0.3 is 0 Å². The summed E-state index contributed by atoms with van der Waals surface area (Å²) in [4.78, 5) is 17.6. The fraction of sp³-hybridized carbons (Fsp3) is 0.200. The summed E-state index contributed by atoms with van der Waals surface area (Å²) in [5.74, 6) is 0.814. The molecule has 0 saturated heterocycles. The molecule has 3 rings (SSSR count). The van der Waals surface area contributed by atoms with Crippen molar-refractivity contribution in [3.8, 4) is 11.4 Å². The van der Waals surface area contributed by atoms with Crippen molar-refractivity contribution in [3.05, 3.63) is 72.8 Å². The van der Waals surface area contributed by atoms with Gasteiger partial charge in [0, 0.05) is 23.8 Å². The number of amides is 1. The lowest BCUT2D eigenvalue weighted by molar-refractivity contribution is -0.120. The van der Waals surface area contributed by atoms with Gasteiger partial charge in [-0.15, -0.1) is 11.8 Å². The molecule has 0 unspecified atom stereocenters. The summed E-state index contributed by atoms with van der Waals surface area (Å²) in [6, 6.07) is 15.7. The Morgan fingerprint density at radius 2 is 2.00 bits per heavy atom. The molecular formula is C20H21N3O2S. The molecule has 3 aromatic rings. The highest BCUT2D eigenvalue weighted by Crippen LogP contribution is 2.25. The van der Waals surface area contributed by atoms with Crippen molar-refractivity contribution < 1.29 is 9.53 Å². The SMILES string of the molecule is COc1ccc(S[C@H](C)C(=O)NCc2ccccc2-n2ccnc2)cc1. The molecule has 0 aliphatic carbocycles. The number of nitrogens with zero attached hydrogens (tertiary/aromatic N) is 2. The van der Waals surface area contributed by atoms with E-state index in [1.165, 1.54) is 11.8 Å². The summed E-state index contributed by atoms with van der Waals surface area (Å²) in [5, 5.41) is 2.83. The highest BCUT2D eigenvalue weighted by molar-refractivity contribution is 8.00. The lowest BCUT2D eigenvalue weighted by atomic mass is 10.1. The fourth-order valence-electron chi connectivity index (χ4n) is 2.55. The molecule has 0 aliphatic heterocycles. The van der Waals surface area contributed by atoms with Crippen LogP contribution in [0.2, 0.25) is 0 Å². The van der Waals surface area contributed by atoms with Crippen LogP contribution in [-0.4, -0.2) is 27.8 Å². The van der Waals surface area contributed by atoms with Crippen molar-refractivity contribution in [2.45, 2.75) is 23.6 Å². The molecule has 1 heterocycles. The Morgan fingerprint density at radius 3 is 2.69 bits per heavy atom. The van der Waals surface area contributed by atoms with Gasteiger partial charge in [0.25, 0.3) is 0 Å². The van der Waals surface area contributed by atoms with Crippen LogP contribution in [0.25, 0.3) is 5.69 Å². The smallest absolute Gasteiger partial charge is 0.233 e. The quantitative estimate of drug-likeness (QED) is 0.647. The number of benzene rings is 2. The third-order valence-electron chi connectivity index (χ3n) is 3.97. The predicted molar refractivity (Wildman–Crippen MR) is 104 cm³/mol. The van der Waals surface area contributed by atoms with E-state index in [0.29, 0.717) is 6.54 Å². The number of aromatic nitrogens is 2. The predicted octanol–water partition coefficient (Wildman–Crippen LogP) is 3.68. The fourth-order valence-corrected chi connectivity index (χ4v) is 3.44. The zero-order chi connectivity index (χ0) is 18.4. The van der Waals surface area contributed by atoms with Crippen LogP contribution >= 0.6 is 11.8 Å². The lowest BCUT2D eigenvalue weighted by Gasteiger charge is -2.14. The van der Waals surface area contributed by atoms with Crippen LogP contribution in [0.1, 0.15) is 12.5 Å². The Labute approximate surface area is 157 Å². The first-order chi connectivity index (χ1) is 12.7. The molecule has 5 nitrogen and oxygen atoms in total. The van der Waals surface area contributed by atoms with Crippen molar-refractivity contribution in [2.24, 2.45) is 0 Å². The molecule has 0 radical (unpaired) electrons. The van der Waals surface area contributed by atoms with E-state index in [9.17, 15) is 4.79 Å². The van der Waals surface area contributed by atoms with Gasteiger partial charge in [-0.2, -0.15) is 0 Å². The molecule has 0 spiro atoms. The molecule has 6 heteroatoms. The number of carbonyl (C=O) groups is 1. The van der Waals surface area contributed by atoms with Gasteiger partial charge in [-0.05, 0) is 42.8 Å². The number of thioether (sulfide) groups is 1. The standard InChI is InChI=1S/C20H21N3O2S/c1-15(26-18-9-7-17(25-2)8-10-18)20(24)22-13-16-5-3-4-6-19(16)23-12-11-21-14-23/h3-12,14-15H,13H2,1-2H3,(H,22,24)/t15-/m1/s1. The van der Waals surface area contributed by atoms with E-state index in [1.807, 2.05) is 66.2 Å². The molecule has 1 aromatic heterocycles. The zero-order valence-electron chi connectivity index (χ0n) is 14.8. The Kier molecular flexibility index (Phi) is 5.96. The third kappa shape index (κ3) is 4.46. The van der Waals surface area contributed by atoms with E-state index in [2.05, 4.69) is 10.3 Å². The maximum Gasteiger partial charge on any atom is 0.233 e. The van der Waals surface area contributed by atoms with E-state index in [1.54, 1.807) is 19.6 Å². The topological polar surface area (TPSA) is 56.1 Å². The van der Waals surface area contributed by atoms with E-state index in [-0.39, 0.29) is 11.2 Å². The molecule has 0 fully saturated rings. The number of hydrogen-bond donors (Lipinski definition) is 1. The zero-order valence-corrected chi connectivity index (χ0v) is 15.6. The average Bonchev–Trinajstić information content (AvgIpc) is 3.21. The van der Waals surface area contributed by atoms with Crippen molar-refractivity contribution in [3.63, 3.8) is 0 Å². The minimum Gasteiger partial charge on any atom is -0.497 e. The third-order valence-corrected chi connectivity index (χ3v) is 5.08. The first kappa shape index (κ1) is 18.1. The monoisotopic (exact) mass is 367 g/mol. The first-order valence-corrected chi connectivity index (χ1v) is 9.20. The summed E-state index contributed by atoms with van der Waals surface area (Å²) in [5.41, 5.74) is 2.06. The Hall–Kier alpha value is -2.73. The van der Waals surface area contributed by atoms with Crippen molar-refractivity contribution in [1.29, 1.82) is 0 Å². The minimum absolute atomic E-state index is 0.00579. The summed E-state index contributed by atoms with van der Waals surface area (Å²) < 4.78 is 7.10. The number of rotatable bonds is 7. The second-order valence-corrected chi connectivity index (χ2v) is 7.17. The summed E-state index contributed by atoms with van der Waals surface area (Å²) in [6.07, 6.45) is 5.38. The molecule has 0 saturated carbocycles. The van der Waals surface area contributed by atoms with Crippen LogP contribution in [0.15, 0.2) is 72.1 Å².